The van der Waals surface area contributed by atoms with Gasteiger partial charge in [-0.15, -0.1) is 11.3 Å². The second-order valence-corrected chi connectivity index (χ2v) is 4.77. The van der Waals surface area contributed by atoms with Crippen molar-refractivity contribution in [2.75, 3.05) is 5.32 Å². The normalized spacial score (nSPS) is 10.2. The van der Waals surface area contributed by atoms with Crippen LogP contribution in [0.1, 0.15) is 20.4 Å². The van der Waals surface area contributed by atoms with Crippen LogP contribution in [0, 0.1) is 6.92 Å². The van der Waals surface area contributed by atoms with E-state index in [-0.39, 0.29) is 5.69 Å². The summed E-state index contributed by atoms with van der Waals surface area (Å²) in [6.45, 7) is 2.62. The van der Waals surface area contributed by atoms with Crippen molar-refractivity contribution in [2.45, 2.75) is 13.5 Å². The Labute approximate surface area is 102 Å². The summed E-state index contributed by atoms with van der Waals surface area (Å²) in [4.78, 5) is 19.8. The molecule has 0 aromatic carbocycles. The third kappa shape index (κ3) is 3.01. The molecule has 0 aliphatic carbocycles. The summed E-state index contributed by atoms with van der Waals surface area (Å²) in [6, 6.07) is 3.16. The molecule has 0 radical (unpaired) electrons. The van der Waals surface area contributed by atoms with Crippen molar-refractivity contribution in [1.82, 2.24) is 9.97 Å². The average molecular weight is 249 g/mol. The van der Waals surface area contributed by atoms with Gasteiger partial charge in [-0.25, -0.2) is 14.8 Å². The lowest BCUT2D eigenvalue weighted by atomic mass is 10.3. The van der Waals surface area contributed by atoms with Gasteiger partial charge in [-0.05, 0) is 19.1 Å². The van der Waals surface area contributed by atoms with Gasteiger partial charge in [0.1, 0.15) is 10.7 Å². The topological polar surface area (TPSA) is 75.1 Å². The monoisotopic (exact) mass is 249 g/mol. The van der Waals surface area contributed by atoms with Gasteiger partial charge in [0.2, 0.25) is 0 Å². The van der Waals surface area contributed by atoms with Crippen LogP contribution in [-0.2, 0) is 6.54 Å². The molecule has 6 heteroatoms. The van der Waals surface area contributed by atoms with Crippen LogP contribution in [0.4, 0.5) is 5.69 Å². The minimum absolute atomic E-state index is 0.0423. The molecular weight excluding hydrogens is 238 g/mol. The van der Waals surface area contributed by atoms with Gasteiger partial charge < -0.3 is 10.4 Å². The van der Waals surface area contributed by atoms with E-state index in [4.69, 9.17) is 5.11 Å². The molecule has 0 aliphatic heterocycles. The Morgan fingerprint density at radius 1 is 1.41 bits per heavy atom. The Morgan fingerprint density at radius 2 is 2.24 bits per heavy atom. The van der Waals surface area contributed by atoms with Crippen LogP contribution < -0.4 is 5.32 Å². The van der Waals surface area contributed by atoms with Crippen molar-refractivity contribution in [3.63, 3.8) is 0 Å². The lowest BCUT2D eigenvalue weighted by Crippen LogP contribution is -2.02. The fourth-order valence-electron chi connectivity index (χ4n) is 1.29. The number of anilines is 1. The second-order valence-electron chi connectivity index (χ2n) is 3.46. The third-order valence-electron chi connectivity index (χ3n) is 2.10. The first-order valence-electron chi connectivity index (χ1n) is 4.99. The van der Waals surface area contributed by atoms with Crippen LogP contribution in [0.25, 0.3) is 0 Å². The Balaban J connectivity index is 1.97. The number of aryl methyl sites for hydroxylation is 1. The summed E-state index contributed by atoms with van der Waals surface area (Å²) in [6.07, 6.45) is 3.33. The SMILES string of the molecule is Cc1cnc(CNc2ccc(C(=O)O)nc2)s1. The van der Waals surface area contributed by atoms with Crippen molar-refractivity contribution >= 4 is 23.0 Å². The van der Waals surface area contributed by atoms with Crippen molar-refractivity contribution in [2.24, 2.45) is 0 Å². The molecule has 2 heterocycles. The van der Waals surface area contributed by atoms with Crippen LogP contribution in [0.3, 0.4) is 0 Å². The van der Waals surface area contributed by atoms with E-state index >= 15 is 0 Å². The predicted molar refractivity (Wildman–Crippen MR) is 65.4 cm³/mol. The highest BCUT2D eigenvalue weighted by molar-refractivity contribution is 7.11. The van der Waals surface area contributed by atoms with E-state index in [2.05, 4.69) is 15.3 Å². The van der Waals surface area contributed by atoms with E-state index in [9.17, 15) is 4.79 Å². The first-order chi connectivity index (χ1) is 8.15. The summed E-state index contributed by atoms with van der Waals surface area (Å²) >= 11 is 1.63. The average Bonchev–Trinajstić information content (AvgIpc) is 2.73. The summed E-state index contributed by atoms with van der Waals surface area (Å²) in [5, 5.41) is 12.8. The van der Waals surface area contributed by atoms with Gasteiger partial charge in [-0.1, -0.05) is 0 Å². The molecule has 0 spiro atoms. The maximum atomic E-state index is 10.6. The van der Waals surface area contributed by atoms with E-state index in [1.54, 1.807) is 17.4 Å². The highest BCUT2D eigenvalue weighted by Crippen LogP contribution is 2.13. The molecule has 2 N–H and O–H groups in total. The second kappa shape index (κ2) is 4.92. The van der Waals surface area contributed by atoms with Crippen LogP contribution >= 0.6 is 11.3 Å². The number of aromatic carboxylic acids is 1. The van der Waals surface area contributed by atoms with Gasteiger partial charge >= 0.3 is 5.97 Å². The number of rotatable bonds is 4. The fraction of sp³-hybridized carbons (Fsp3) is 0.182. The molecule has 0 atom stereocenters. The summed E-state index contributed by atoms with van der Waals surface area (Å²) in [7, 11) is 0. The molecule has 5 nitrogen and oxygen atoms in total. The number of carbonyl (C=O) groups is 1. The van der Waals surface area contributed by atoms with Crippen LogP contribution in [0.5, 0.6) is 0 Å². The molecule has 0 aliphatic rings. The number of thiazole rings is 1. The number of carboxylic acids is 1. The molecule has 0 bridgehead atoms. The van der Waals surface area contributed by atoms with Gasteiger partial charge in [0.05, 0.1) is 18.4 Å². The Bertz CT molecular complexity index is 522. The number of nitrogens with zero attached hydrogens (tertiary/aromatic N) is 2. The molecular formula is C11H11N3O2S. The molecule has 0 amide bonds. The minimum Gasteiger partial charge on any atom is -0.477 e. The van der Waals surface area contributed by atoms with Crippen LogP contribution in [0.2, 0.25) is 0 Å². The highest BCUT2D eigenvalue weighted by atomic mass is 32.1. The maximum absolute atomic E-state index is 10.6. The van der Waals surface area contributed by atoms with Crippen LogP contribution in [0.15, 0.2) is 24.5 Å². The predicted octanol–water partition coefficient (Wildman–Crippen LogP) is 2.16. The van der Waals surface area contributed by atoms with Crippen molar-refractivity contribution in [1.29, 1.82) is 0 Å². The molecule has 0 fully saturated rings. The summed E-state index contributed by atoms with van der Waals surface area (Å²) in [5.74, 6) is -1.02. The number of carboxylic acid groups (broad SMARTS) is 1. The number of hydrogen-bond donors (Lipinski definition) is 2. The molecule has 0 saturated carbocycles. The molecule has 0 saturated heterocycles. The number of hydrogen-bond acceptors (Lipinski definition) is 5. The molecule has 0 unspecified atom stereocenters. The van der Waals surface area contributed by atoms with Gasteiger partial charge in [0.15, 0.2) is 0 Å². The lowest BCUT2D eigenvalue weighted by Gasteiger charge is -2.03. The van der Waals surface area contributed by atoms with E-state index in [0.29, 0.717) is 6.54 Å². The third-order valence-corrected chi connectivity index (χ3v) is 3.01. The van der Waals surface area contributed by atoms with Gasteiger partial charge in [-0.3, -0.25) is 0 Å². The maximum Gasteiger partial charge on any atom is 0.354 e. The number of nitrogens with one attached hydrogen (secondary N) is 1. The summed E-state index contributed by atoms with van der Waals surface area (Å²) < 4.78 is 0. The van der Waals surface area contributed by atoms with E-state index < -0.39 is 5.97 Å². The Kier molecular flexibility index (Phi) is 3.34. The van der Waals surface area contributed by atoms with Crippen molar-refractivity contribution < 1.29 is 9.90 Å². The van der Waals surface area contributed by atoms with E-state index in [1.165, 1.54) is 17.1 Å². The molecule has 2 rings (SSSR count). The zero-order valence-electron chi connectivity index (χ0n) is 9.17. The van der Waals surface area contributed by atoms with E-state index in [0.717, 1.165) is 10.7 Å². The molecule has 2 aromatic heterocycles. The molecule has 17 heavy (non-hydrogen) atoms. The molecule has 88 valence electrons. The zero-order valence-corrected chi connectivity index (χ0v) is 9.99. The largest absolute Gasteiger partial charge is 0.477 e. The quantitative estimate of drug-likeness (QED) is 0.868. The Morgan fingerprint density at radius 3 is 2.76 bits per heavy atom. The van der Waals surface area contributed by atoms with Gasteiger partial charge in [-0.2, -0.15) is 0 Å². The van der Waals surface area contributed by atoms with Gasteiger partial charge in [0.25, 0.3) is 0 Å². The summed E-state index contributed by atoms with van der Waals surface area (Å²) in [5.41, 5.74) is 0.823. The standard InChI is InChI=1S/C11H11N3O2S/c1-7-4-14-10(17-7)6-12-8-2-3-9(11(15)16)13-5-8/h2-5,12H,6H2,1H3,(H,15,16). The number of aromatic nitrogens is 2. The highest BCUT2D eigenvalue weighted by Gasteiger charge is 2.03. The number of pyridine rings is 1. The van der Waals surface area contributed by atoms with Crippen molar-refractivity contribution in [3.05, 3.63) is 40.1 Å². The first-order valence-corrected chi connectivity index (χ1v) is 5.81. The lowest BCUT2D eigenvalue weighted by molar-refractivity contribution is 0.0690. The fourth-order valence-corrected chi connectivity index (χ4v) is 2.01. The van der Waals surface area contributed by atoms with Gasteiger partial charge in [0, 0.05) is 11.1 Å². The Hall–Kier alpha value is -1.95. The van der Waals surface area contributed by atoms with Crippen LogP contribution in [-0.4, -0.2) is 21.0 Å². The minimum atomic E-state index is -1.02. The smallest absolute Gasteiger partial charge is 0.354 e. The first kappa shape index (κ1) is 11.5. The zero-order chi connectivity index (χ0) is 12.3. The van der Waals surface area contributed by atoms with Crippen molar-refractivity contribution in [3.8, 4) is 0 Å². The van der Waals surface area contributed by atoms with E-state index in [1.807, 2.05) is 13.1 Å². The molecule has 2 aromatic rings.